The average Bonchev–Trinajstić information content (AvgIpc) is 3.14. The molecule has 0 aromatic rings. The lowest BCUT2D eigenvalue weighted by Crippen LogP contribution is -2.29. The third-order valence-electron chi connectivity index (χ3n) is 8.41. The Balaban J connectivity index is 4.07. The van der Waals surface area contributed by atoms with Crippen LogP contribution in [0.2, 0.25) is 0 Å². The highest BCUT2D eigenvalue weighted by atomic mass is 31.2. The van der Waals surface area contributed by atoms with Crippen LogP contribution in [0.25, 0.3) is 0 Å². The Bertz CT molecular complexity index is 1140. The zero-order chi connectivity index (χ0) is 39.6. The summed E-state index contributed by atoms with van der Waals surface area (Å²) in [6.07, 6.45) is 53.1. The van der Waals surface area contributed by atoms with Crippen LogP contribution in [0.4, 0.5) is 0 Å². The Kier molecular flexibility index (Phi) is 37.9. The lowest BCUT2D eigenvalue weighted by Gasteiger charge is -2.18. The van der Waals surface area contributed by atoms with Crippen molar-refractivity contribution in [3.8, 4) is 0 Å². The highest BCUT2D eigenvalue weighted by molar-refractivity contribution is 7.46. The zero-order valence-electron chi connectivity index (χ0n) is 33.8. The minimum atomic E-state index is -4.78. The van der Waals surface area contributed by atoms with Gasteiger partial charge in [-0.25, -0.2) is 4.57 Å². The Morgan fingerprint density at radius 2 is 0.926 bits per heavy atom. The first-order chi connectivity index (χ1) is 26.3. The van der Waals surface area contributed by atoms with Crippen LogP contribution in [0.3, 0.4) is 0 Å². The second-order valence-corrected chi connectivity index (χ2v) is 14.8. The summed E-state index contributed by atoms with van der Waals surface area (Å²) >= 11 is 0. The van der Waals surface area contributed by atoms with Crippen molar-refractivity contribution in [3.05, 3.63) is 85.1 Å². The van der Waals surface area contributed by atoms with Gasteiger partial charge in [0.1, 0.15) is 6.61 Å². The Labute approximate surface area is 329 Å². The molecule has 0 heterocycles. The van der Waals surface area contributed by atoms with E-state index in [0.29, 0.717) is 12.8 Å². The van der Waals surface area contributed by atoms with E-state index >= 15 is 0 Å². The number of carbonyl (C=O) groups excluding carboxylic acids is 2. The first kappa shape index (κ1) is 51.2. The predicted molar refractivity (Wildman–Crippen MR) is 225 cm³/mol. The summed E-state index contributed by atoms with van der Waals surface area (Å²) in [5.41, 5.74) is 0. The Morgan fingerprint density at radius 1 is 0.500 bits per heavy atom. The molecule has 9 heteroatoms. The molecule has 0 radical (unpaired) electrons. The van der Waals surface area contributed by atoms with Crippen molar-refractivity contribution in [1.29, 1.82) is 0 Å². The number of phosphoric acid groups is 1. The summed E-state index contributed by atoms with van der Waals surface area (Å²) in [4.78, 5) is 42.8. The summed E-state index contributed by atoms with van der Waals surface area (Å²) in [7, 11) is -4.78. The van der Waals surface area contributed by atoms with Crippen LogP contribution < -0.4 is 0 Å². The molecule has 0 rings (SSSR count). The largest absolute Gasteiger partial charge is 0.469 e. The number of ether oxygens (including phenoxy) is 2. The fourth-order valence-corrected chi connectivity index (χ4v) is 5.69. The van der Waals surface area contributed by atoms with Crippen molar-refractivity contribution < 1.29 is 37.9 Å². The smallest absolute Gasteiger partial charge is 0.462 e. The third kappa shape index (κ3) is 42.0. The number of rotatable bonds is 37. The molecule has 0 spiro atoms. The van der Waals surface area contributed by atoms with E-state index < -0.39 is 32.5 Å². The molecule has 0 aromatic carbocycles. The maximum atomic E-state index is 12.4. The topological polar surface area (TPSA) is 119 Å². The molecule has 0 unspecified atom stereocenters. The normalized spacial score (nSPS) is 13.3. The maximum absolute atomic E-state index is 12.4. The molecular weight excluding hydrogens is 699 g/mol. The molecule has 0 amide bonds. The summed E-state index contributed by atoms with van der Waals surface area (Å²) in [5.74, 6) is -0.993. The van der Waals surface area contributed by atoms with Crippen LogP contribution >= 0.6 is 7.82 Å². The zero-order valence-corrected chi connectivity index (χ0v) is 34.7. The standard InChI is InChI=1S/C45H75O8P/c1-3-5-7-9-11-13-15-17-19-21-22-24-25-27-29-31-33-35-37-39-44(46)51-41-43(42-52-54(48,49)50)53-45(47)40-38-36-34-32-30-28-26-23-20-18-16-14-12-10-8-6-4-2/h5,7,11,13,17-20,22,24,27,29,33,35,43H,3-4,6,8-10,12,14-16,21,23,25-26,28,30-32,34,36-42H2,1-2H3,(H2,48,49,50)/b7-5-,13-11-,19-17-,20-18-,24-22-,29-27-,35-33-/t43-/m1/s1. The molecule has 0 aliphatic carbocycles. The van der Waals surface area contributed by atoms with Crippen LogP contribution in [0.5, 0.6) is 0 Å². The van der Waals surface area contributed by atoms with E-state index in [0.717, 1.165) is 64.2 Å². The molecule has 0 aliphatic heterocycles. The van der Waals surface area contributed by atoms with Gasteiger partial charge >= 0.3 is 19.8 Å². The van der Waals surface area contributed by atoms with Crippen molar-refractivity contribution in [2.45, 2.75) is 174 Å². The molecule has 2 N–H and O–H groups in total. The van der Waals surface area contributed by atoms with Crippen LogP contribution in [-0.4, -0.2) is 41.0 Å². The van der Waals surface area contributed by atoms with Crippen molar-refractivity contribution in [3.63, 3.8) is 0 Å². The summed E-state index contributed by atoms with van der Waals surface area (Å²) in [5, 5.41) is 0. The first-order valence-corrected chi connectivity index (χ1v) is 22.4. The summed E-state index contributed by atoms with van der Waals surface area (Å²) in [6, 6.07) is 0. The number of esters is 2. The van der Waals surface area contributed by atoms with Crippen LogP contribution in [0.1, 0.15) is 168 Å². The Hall–Kier alpha value is -2.77. The third-order valence-corrected chi connectivity index (χ3v) is 8.90. The van der Waals surface area contributed by atoms with E-state index in [1.165, 1.54) is 64.2 Å². The predicted octanol–water partition coefficient (Wildman–Crippen LogP) is 12.8. The second kappa shape index (κ2) is 39.9. The molecule has 0 saturated carbocycles. The quantitative estimate of drug-likeness (QED) is 0.0277. The molecule has 0 aromatic heterocycles. The molecule has 0 fully saturated rings. The number of hydrogen-bond donors (Lipinski definition) is 2. The second-order valence-electron chi connectivity index (χ2n) is 13.6. The fourth-order valence-electron chi connectivity index (χ4n) is 5.33. The van der Waals surface area contributed by atoms with E-state index in [1.807, 2.05) is 12.2 Å². The fraction of sp³-hybridized carbons (Fsp3) is 0.644. The number of hydrogen-bond acceptors (Lipinski definition) is 6. The van der Waals surface area contributed by atoms with E-state index in [-0.39, 0.29) is 19.4 Å². The Morgan fingerprint density at radius 3 is 1.41 bits per heavy atom. The molecule has 0 bridgehead atoms. The molecule has 0 aliphatic rings. The maximum Gasteiger partial charge on any atom is 0.469 e. The minimum Gasteiger partial charge on any atom is -0.462 e. The van der Waals surface area contributed by atoms with Crippen molar-refractivity contribution in [1.82, 2.24) is 0 Å². The lowest BCUT2D eigenvalue weighted by atomic mass is 10.1. The van der Waals surface area contributed by atoms with Gasteiger partial charge in [0.05, 0.1) is 6.61 Å². The molecule has 1 atom stereocenters. The van der Waals surface area contributed by atoms with Gasteiger partial charge in [0.15, 0.2) is 6.10 Å². The van der Waals surface area contributed by atoms with E-state index in [9.17, 15) is 14.2 Å². The van der Waals surface area contributed by atoms with E-state index in [1.54, 1.807) is 0 Å². The highest BCUT2D eigenvalue weighted by Crippen LogP contribution is 2.36. The van der Waals surface area contributed by atoms with Gasteiger partial charge in [-0.05, 0) is 77.0 Å². The summed E-state index contributed by atoms with van der Waals surface area (Å²) < 4.78 is 26.3. The number of carbonyl (C=O) groups is 2. The number of unbranched alkanes of at least 4 members (excludes halogenated alkanes) is 13. The van der Waals surface area contributed by atoms with Crippen molar-refractivity contribution in [2.24, 2.45) is 0 Å². The van der Waals surface area contributed by atoms with Gasteiger partial charge in [-0.15, -0.1) is 0 Å². The van der Waals surface area contributed by atoms with Crippen LogP contribution in [-0.2, 0) is 28.2 Å². The molecule has 54 heavy (non-hydrogen) atoms. The SMILES string of the molecule is CC/C=C\C/C=C\C/C=C\C/C=C\C/C=C\C/C=C\CCC(=O)OC[C@H](COP(=O)(O)O)OC(=O)CCCCCCCCC/C=C\CCCCCCCC. The van der Waals surface area contributed by atoms with Crippen molar-refractivity contribution in [2.75, 3.05) is 13.2 Å². The number of phosphoric ester groups is 1. The molecule has 8 nitrogen and oxygen atoms in total. The van der Waals surface area contributed by atoms with E-state index in [4.69, 9.17) is 19.3 Å². The average molecular weight is 775 g/mol. The van der Waals surface area contributed by atoms with Crippen molar-refractivity contribution >= 4 is 19.8 Å². The van der Waals surface area contributed by atoms with Gasteiger partial charge in [-0.2, -0.15) is 0 Å². The van der Waals surface area contributed by atoms with Gasteiger partial charge in [0.2, 0.25) is 0 Å². The summed E-state index contributed by atoms with van der Waals surface area (Å²) in [6.45, 7) is 3.49. The first-order valence-electron chi connectivity index (χ1n) is 20.9. The lowest BCUT2D eigenvalue weighted by molar-refractivity contribution is -0.161. The highest BCUT2D eigenvalue weighted by Gasteiger charge is 2.22. The molecular formula is C45H75O8P. The minimum absolute atomic E-state index is 0.137. The van der Waals surface area contributed by atoms with Gasteiger partial charge in [-0.1, -0.05) is 163 Å². The van der Waals surface area contributed by atoms with Gasteiger partial charge < -0.3 is 19.3 Å². The van der Waals surface area contributed by atoms with E-state index in [2.05, 4.69) is 91.3 Å². The van der Waals surface area contributed by atoms with Gasteiger partial charge in [0.25, 0.3) is 0 Å². The van der Waals surface area contributed by atoms with Crippen LogP contribution in [0, 0.1) is 0 Å². The van der Waals surface area contributed by atoms with Gasteiger partial charge in [-0.3, -0.25) is 14.1 Å². The molecule has 0 saturated heterocycles. The molecule has 308 valence electrons. The monoisotopic (exact) mass is 775 g/mol. The number of allylic oxidation sites excluding steroid dienone is 14. The van der Waals surface area contributed by atoms with Crippen LogP contribution in [0.15, 0.2) is 85.1 Å². The van der Waals surface area contributed by atoms with Gasteiger partial charge in [0, 0.05) is 12.8 Å².